The van der Waals surface area contributed by atoms with Crippen LogP contribution in [0.1, 0.15) is 9.67 Å². The molecule has 2 N–H and O–H groups in total. The molecule has 0 atom stereocenters. The first kappa shape index (κ1) is 12.7. The molecule has 1 aromatic heterocycles. The number of thiophene rings is 1. The SMILES string of the molecule is CN(C(=O)c1cc2cc(N)ccc2s1)c1ccccc1. The van der Waals surface area contributed by atoms with E-state index in [1.807, 2.05) is 54.6 Å². The molecule has 1 heterocycles. The Labute approximate surface area is 121 Å². The van der Waals surface area contributed by atoms with Crippen LogP contribution < -0.4 is 10.6 Å². The molecule has 0 bridgehead atoms. The molecule has 0 radical (unpaired) electrons. The summed E-state index contributed by atoms with van der Waals surface area (Å²) in [6.45, 7) is 0. The van der Waals surface area contributed by atoms with Crippen LogP contribution in [-0.4, -0.2) is 13.0 Å². The van der Waals surface area contributed by atoms with E-state index >= 15 is 0 Å². The van der Waals surface area contributed by atoms with Crippen molar-refractivity contribution in [2.24, 2.45) is 0 Å². The van der Waals surface area contributed by atoms with E-state index in [4.69, 9.17) is 5.73 Å². The number of hydrogen-bond acceptors (Lipinski definition) is 3. The minimum Gasteiger partial charge on any atom is -0.399 e. The lowest BCUT2D eigenvalue weighted by atomic mass is 10.2. The number of anilines is 2. The Morgan fingerprint density at radius 2 is 1.85 bits per heavy atom. The smallest absolute Gasteiger partial charge is 0.268 e. The molecule has 0 fully saturated rings. The van der Waals surface area contributed by atoms with Crippen molar-refractivity contribution in [3.63, 3.8) is 0 Å². The molecule has 4 heteroatoms. The Morgan fingerprint density at radius 3 is 2.60 bits per heavy atom. The van der Waals surface area contributed by atoms with E-state index < -0.39 is 0 Å². The summed E-state index contributed by atoms with van der Waals surface area (Å²) in [5.74, 6) is -0.00373. The zero-order valence-electron chi connectivity index (χ0n) is 11.0. The van der Waals surface area contributed by atoms with Crippen LogP contribution >= 0.6 is 11.3 Å². The Balaban J connectivity index is 1.96. The van der Waals surface area contributed by atoms with Crippen molar-refractivity contribution in [3.05, 3.63) is 59.5 Å². The Morgan fingerprint density at radius 1 is 1.10 bits per heavy atom. The number of amides is 1. The van der Waals surface area contributed by atoms with Gasteiger partial charge in [-0.15, -0.1) is 11.3 Å². The van der Waals surface area contributed by atoms with Crippen LogP contribution in [0, 0.1) is 0 Å². The van der Waals surface area contributed by atoms with Crippen LogP contribution in [0.5, 0.6) is 0 Å². The standard InChI is InChI=1S/C16H14N2OS/c1-18(13-5-3-2-4-6-13)16(19)15-10-11-9-12(17)7-8-14(11)20-15/h2-10H,17H2,1H3. The van der Waals surface area contributed by atoms with Crippen molar-refractivity contribution in [2.45, 2.75) is 0 Å². The summed E-state index contributed by atoms with van der Waals surface area (Å²) in [5.41, 5.74) is 7.37. The lowest BCUT2D eigenvalue weighted by Gasteiger charge is -2.15. The van der Waals surface area contributed by atoms with Crippen LogP contribution in [0.15, 0.2) is 54.6 Å². The fourth-order valence-electron chi connectivity index (χ4n) is 2.10. The fraction of sp³-hybridized carbons (Fsp3) is 0.0625. The summed E-state index contributed by atoms with van der Waals surface area (Å²) in [4.78, 5) is 14.9. The number of hydrogen-bond donors (Lipinski definition) is 1. The van der Waals surface area contributed by atoms with Crippen molar-refractivity contribution in [3.8, 4) is 0 Å². The summed E-state index contributed by atoms with van der Waals surface area (Å²) in [5, 5.41) is 1.01. The van der Waals surface area contributed by atoms with Crippen LogP contribution in [0.25, 0.3) is 10.1 Å². The van der Waals surface area contributed by atoms with Gasteiger partial charge in [0.1, 0.15) is 0 Å². The lowest BCUT2D eigenvalue weighted by Crippen LogP contribution is -2.25. The molecule has 2 aromatic carbocycles. The molecule has 0 aliphatic rings. The molecule has 3 aromatic rings. The van der Waals surface area contributed by atoms with Gasteiger partial charge in [-0.2, -0.15) is 0 Å². The fourth-order valence-corrected chi connectivity index (χ4v) is 3.12. The van der Waals surface area contributed by atoms with Gasteiger partial charge in [0.2, 0.25) is 0 Å². The number of benzene rings is 2. The van der Waals surface area contributed by atoms with Gasteiger partial charge in [-0.1, -0.05) is 18.2 Å². The minimum absolute atomic E-state index is 0.00373. The molecule has 0 saturated carbocycles. The number of carbonyl (C=O) groups is 1. The van der Waals surface area contributed by atoms with Crippen molar-refractivity contribution >= 4 is 38.7 Å². The number of para-hydroxylation sites is 1. The molecule has 3 nitrogen and oxygen atoms in total. The van der Waals surface area contributed by atoms with Gasteiger partial charge in [0, 0.05) is 23.1 Å². The third kappa shape index (κ3) is 2.26. The minimum atomic E-state index is -0.00373. The van der Waals surface area contributed by atoms with E-state index in [-0.39, 0.29) is 5.91 Å². The maximum absolute atomic E-state index is 12.5. The second-order valence-electron chi connectivity index (χ2n) is 4.61. The highest BCUT2D eigenvalue weighted by Crippen LogP contribution is 2.28. The average molecular weight is 282 g/mol. The van der Waals surface area contributed by atoms with Crippen LogP contribution in [0.4, 0.5) is 11.4 Å². The zero-order valence-corrected chi connectivity index (χ0v) is 11.9. The zero-order chi connectivity index (χ0) is 14.1. The molecule has 20 heavy (non-hydrogen) atoms. The number of nitrogens with zero attached hydrogens (tertiary/aromatic N) is 1. The monoisotopic (exact) mass is 282 g/mol. The molecular formula is C16H14N2OS. The molecule has 3 rings (SSSR count). The molecule has 0 aliphatic carbocycles. The Bertz CT molecular complexity index is 765. The first-order chi connectivity index (χ1) is 9.65. The van der Waals surface area contributed by atoms with Crippen molar-refractivity contribution in [2.75, 3.05) is 17.7 Å². The van der Waals surface area contributed by atoms with E-state index in [1.165, 1.54) is 11.3 Å². The normalized spacial score (nSPS) is 10.7. The van der Waals surface area contributed by atoms with Crippen molar-refractivity contribution < 1.29 is 4.79 Å². The summed E-state index contributed by atoms with van der Waals surface area (Å²) in [6, 6.07) is 17.2. The number of nitrogens with two attached hydrogens (primary N) is 1. The predicted molar refractivity (Wildman–Crippen MR) is 85.4 cm³/mol. The summed E-state index contributed by atoms with van der Waals surface area (Å²) >= 11 is 1.49. The lowest BCUT2D eigenvalue weighted by molar-refractivity contribution is 0.0997. The first-order valence-corrected chi connectivity index (χ1v) is 7.09. The molecule has 1 amide bonds. The van der Waals surface area contributed by atoms with Gasteiger partial charge >= 0.3 is 0 Å². The maximum Gasteiger partial charge on any atom is 0.268 e. The summed E-state index contributed by atoms with van der Waals surface area (Å²) in [7, 11) is 1.79. The van der Waals surface area contributed by atoms with E-state index in [0.717, 1.165) is 20.7 Å². The number of rotatable bonds is 2. The second kappa shape index (κ2) is 4.98. The van der Waals surface area contributed by atoms with Crippen LogP contribution in [0.3, 0.4) is 0 Å². The molecule has 0 saturated heterocycles. The van der Waals surface area contributed by atoms with E-state index in [0.29, 0.717) is 5.69 Å². The topological polar surface area (TPSA) is 46.3 Å². The van der Waals surface area contributed by atoms with Gasteiger partial charge in [0.05, 0.1) is 4.88 Å². The van der Waals surface area contributed by atoms with Crippen molar-refractivity contribution in [1.29, 1.82) is 0 Å². The van der Waals surface area contributed by atoms with Gasteiger partial charge in [-0.05, 0) is 41.8 Å². The van der Waals surface area contributed by atoms with E-state index in [2.05, 4.69) is 0 Å². The van der Waals surface area contributed by atoms with Gasteiger partial charge < -0.3 is 10.6 Å². The molecule has 0 spiro atoms. The molecule has 0 unspecified atom stereocenters. The number of carbonyl (C=O) groups excluding carboxylic acids is 1. The highest BCUT2D eigenvalue weighted by atomic mass is 32.1. The highest BCUT2D eigenvalue weighted by Gasteiger charge is 2.16. The third-order valence-electron chi connectivity index (χ3n) is 3.20. The van der Waals surface area contributed by atoms with E-state index in [9.17, 15) is 4.79 Å². The quantitative estimate of drug-likeness (QED) is 0.727. The molecule has 0 aliphatic heterocycles. The van der Waals surface area contributed by atoms with Crippen LogP contribution in [0.2, 0.25) is 0 Å². The van der Waals surface area contributed by atoms with E-state index in [1.54, 1.807) is 11.9 Å². The predicted octanol–water partition coefficient (Wildman–Crippen LogP) is 3.76. The third-order valence-corrected chi connectivity index (χ3v) is 4.30. The maximum atomic E-state index is 12.5. The largest absolute Gasteiger partial charge is 0.399 e. The summed E-state index contributed by atoms with van der Waals surface area (Å²) < 4.78 is 1.07. The number of nitrogen functional groups attached to an aromatic ring is 1. The Kier molecular flexibility index (Phi) is 3.16. The summed E-state index contributed by atoms with van der Waals surface area (Å²) in [6.07, 6.45) is 0. The van der Waals surface area contributed by atoms with Gasteiger partial charge in [-0.25, -0.2) is 0 Å². The average Bonchev–Trinajstić information content (AvgIpc) is 2.89. The highest BCUT2D eigenvalue weighted by molar-refractivity contribution is 7.20. The van der Waals surface area contributed by atoms with Crippen LogP contribution in [-0.2, 0) is 0 Å². The van der Waals surface area contributed by atoms with Gasteiger partial charge in [0.25, 0.3) is 5.91 Å². The Hall–Kier alpha value is -2.33. The molecular weight excluding hydrogens is 268 g/mol. The first-order valence-electron chi connectivity index (χ1n) is 6.27. The van der Waals surface area contributed by atoms with Gasteiger partial charge in [0.15, 0.2) is 0 Å². The van der Waals surface area contributed by atoms with Gasteiger partial charge in [-0.3, -0.25) is 4.79 Å². The number of fused-ring (bicyclic) bond motifs is 1. The molecule has 100 valence electrons. The second-order valence-corrected chi connectivity index (χ2v) is 5.69. The van der Waals surface area contributed by atoms with Crippen molar-refractivity contribution in [1.82, 2.24) is 0 Å².